The maximum atomic E-state index is 13.7. The third-order valence-electron chi connectivity index (χ3n) is 7.23. The lowest BCUT2D eigenvalue weighted by molar-refractivity contribution is -0.141. The van der Waals surface area contributed by atoms with Crippen LogP contribution in [0.15, 0.2) is 36.4 Å². The molecule has 1 unspecified atom stereocenters. The number of aryl methyl sites for hydroxylation is 2. The van der Waals surface area contributed by atoms with Crippen molar-refractivity contribution in [3.05, 3.63) is 63.1 Å². The Hall–Kier alpha value is -2.29. The summed E-state index contributed by atoms with van der Waals surface area (Å²) in [5.74, 6) is -0.403. The number of benzene rings is 2. The van der Waals surface area contributed by atoms with E-state index in [0.717, 1.165) is 36.8 Å². The molecule has 0 spiro atoms. The van der Waals surface area contributed by atoms with E-state index in [1.165, 1.54) is 10.6 Å². The summed E-state index contributed by atoms with van der Waals surface area (Å²) in [6.45, 7) is 5.96. The molecule has 0 heterocycles. The normalized spacial score (nSPS) is 14.7. The van der Waals surface area contributed by atoms with Crippen LogP contribution in [0.1, 0.15) is 68.6 Å². The van der Waals surface area contributed by atoms with Crippen molar-refractivity contribution in [3.8, 4) is 0 Å². The predicted molar refractivity (Wildman–Crippen MR) is 159 cm³/mol. The average molecular weight is 597 g/mol. The second-order valence-corrected chi connectivity index (χ2v) is 13.2. The molecule has 0 saturated heterocycles. The van der Waals surface area contributed by atoms with Crippen molar-refractivity contribution in [2.24, 2.45) is 0 Å². The Labute approximate surface area is 242 Å². The van der Waals surface area contributed by atoms with Crippen LogP contribution in [0.5, 0.6) is 0 Å². The van der Waals surface area contributed by atoms with E-state index >= 15 is 0 Å². The molecule has 39 heavy (non-hydrogen) atoms. The number of nitrogens with one attached hydrogen (secondary N) is 1. The summed E-state index contributed by atoms with van der Waals surface area (Å²) in [5, 5.41) is 4.03. The van der Waals surface area contributed by atoms with Crippen molar-refractivity contribution >= 4 is 50.7 Å². The summed E-state index contributed by atoms with van der Waals surface area (Å²) in [4.78, 5) is 28.6. The van der Waals surface area contributed by atoms with Gasteiger partial charge in [0.25, 0.3) is 0 Å². The number of carbonyl (C=O) groups is 2. The molecular formula is C29H39Cl2N3O4S. The number of hydrogen-bond acceptors (Lipinski definition) is 4. The molecule has 0 aromatic heterocycles. The smallest absolute Gasteiger partial charge is 0.243 e. The highest BCUT2D eigenvalue weighted by Crippen LogP contribution is 2.27. The van der Waals surface area contributed by atoms with Gasteiger partial charge in [-0.1, -0.05) is 61.2 Å². The Morgan fingerprint density at radius 1 is 1.08 bits per heavy atom. The largest absolute Gasteiger partial charge is 0.352 e. The summed E-state index contributed by atoms with van der Waals surface area (Å²) in [6, 6.07) is 10.2. The van der Waals surface area contributed by atoms with Gasteiger partial charge < -0.3 is 10.2 Å². The van der Waals surface area contributed by atoms with Crippen LogP contribution in [0.2, 0.25) is 10.0 Å². The quantitative estimate of drug-likeness (QED) is 0.325. The van der Waals surface area contributed by atoms with E-state index in [1.807, 2.05) is 39.0 Å². The van der Waals surface area contributed by atoms with E-state index in [2.05, 4.69) is 5.32 Å². The van der Waals surface area contributed by atoms with E-state index in [1.54, 1.807) is 23.1 Å². The summed E-state index contributed by atoms with van der Waals surface area (Å²) >= 11 is 12.5. The maximum Gasteiger partial charge on any atom is 0.243 e. The Morgan fingerprint density at radius 3 is 2.38 bits per heavy atom. The first-order valence-corrected chi connectivity index (χ1v) is 16.1. The standard InChI is InChI=1S/C29H39Cl2N3O4S/c1-5-26(29(36)32-24-9-6-7-10-24)33(19-22-14-15-23(30)18-25(22)31)28(35)11-8-16-34(39(4,37)38)27-17-20(2)12-13-21(27)3/h12-15,17-18,24,26H,5-11,16,19H2,1-4H3,(H,32,36). The number of rotatable bonds is 12. The lowest BCUT2D eigenvalue weighted by atomic mass is 10.1. The van der Waals surface area contributed by atoms with Gasteiger partial charge in [-0.25, -0.2) is 8.42 Å². The van der Waals surface area contributed by atoms with E-state index in [-0.39, 0.29) is 37.4 Å². The van der Waals surface area contributed by atoms with Crippen LogP contribution < -0.4 is 9.62 Å². The van der Waals surface area contributed by atoms with Gasteiger partial charge in [0.15, 0.2) is 0 Å². The molecule has 2 aromatic rings. The van der Waals surface area contributed by atoms with E-state index in [9.17, 15) is 18.0 Å². The molecule has 214 valence electrons. The Kier molecular flexibility index (Phi) is 11.1. The highest BCUT2D eigenvalue weighted by molar-refractivity contribution is 7.92. The van der Waals surface area contributed by atoms with Crippen molar-refractivity contribution in [1.29, 1.82) is 0 Å². The molecule has 7 nitrogen and oxygen atoms in total. The van der Waals surface area contributed by atoms with Crippen LogP contribution in [0.3, 0.4) is 0 Å². The highest BCUT2D eigenvalue weighted by Gasteiger charge is 2.31. The van der Waals surface area contributed by atoms with Crippen molar-refractivity contribution in [3.63, 3.8) is 0 Å². The summed E-state index contributed by atoms with van der Waals surface area (Å²) < 4.78 is 26.7. The zero-order valence-electron chi connectivity index (χ0n) is 23.2. The van der Waals surface area contributed by atoms with Gasteiger partial charge in [-0.2, -0.15) is 0 Å². The topological polar surface area (TPSA) is 86.8 Å². The molecule has 10 heteroatoms. The van der Waals surface area contributed by atoms with Gasteiger partial charge >= 0.3 is 0 Å². The van der Waals surface area contributed by atoms with Crippen LogP contribution in [-0.2, 0) is 26.2 Å². The number of nitrogens with zero attached hydrogens (tertiary/aromatic N) is 2. The van der Waals surface area contributed by atoms with Gasteiger partial charge in [-0.3, -0.25) is 13.9 Å². The molecule has 0 aliphatic heterocycles. The first-order chi connectivity index (χ1) is 18.4. The molecule has 0 bridgehead atoms. The monoisotopic (exact) mass is 595 g/mol. The maximum absolute atomic E-state index is 13.7. The van der Waals surface area contributed by atoms with Gasteiger partial charge in [-0.05, 0) is 74.4 Å². The third kappa shape index (κ3) is 8.60. The molecule has 1 aliphatic carbocycles. The second-order valence-electron chi connectivity index (χ2n) is 10.4. The van der Waals surface area contributed by atoms with Gasteiger partial charge in [0.1, 0.15) is 6.04 Å². The van der Waals surface area contributed by atoms with Crippen molar-refractivity contribution < 1.29 is 18.0 Å². The minimum absolute atomic E-state index is 0.0787. The van der Waals surface area contributed by atoms with Gasteiger partial charge in [0.05, 0.1) is 11.9 Å². The minimum atomic E-state index is -3.57. The number of hydrogen-bond donors (Lipinski definition) is 1. The minimum Gasteiger partial charge on any atom is -0.352 e. The van der Waals surface area contributed by atoms with Crippen LogP contribution in [0.25, 0.3) is 0 Å². The zero-order valence-corrected chi connectivity index (χ0v) is 25.5. The molecule has 2 amide bonds. The molecule has 0 radical (unpaired) electrons. The van der Waals surface area contributed by atoms with Crippen LogP contribution in [-0.4, -0.2) is 50.0 Å². The number of carbonyl (C=O) groups excluding carboxylic acids is 2. The Balaban J connectivity index is 1.81. The zero-order chi connectivity index (χ0) is 28.7. The SMILES string of the molecule is CCC(C(=O)NC1CCCC1)N(Cc1ccc(Cl)cc1Cl)C(=O)CCCN(c1cc(C)ccc1C)S(C)(=O)=O. The lowest BCUT2D eigenvalue weighted by Gasteiger charge is -2.32. The molecule has 1 aliphatic rings. The number of amides is 2. The summed E-state index contributed by atoms with van der Waals surface area (Å²) in [5.41, 5.74) is 3.09. The van der Waals surface area contributed by atoms with Crippen molar-refractivity contribution in [1.82, 2.24) is 10.2 Å². The number of sulfonamides is 1. The molecule has 1 fully saturated rings. The molecule has 1 atom stereocenters. The second kappa shape index (κ2) is 13.9. The molecule has 1 N–H and O–H groups in total. The van der Waals surface area contributed by atoms with Crippen molar-refractivity contribution in [2.45, 2.75) is 84.3 Å². The Morgan fingerprint density at radius 2 is 1.77 bits per heavy atom. The molecule has 2 aromatic carbocycles. The van der Waals surface area contributed by atoms with Crippen LogP contribution >= 0.6 is 23.2 Å². The van der Waals surface area contributed by atoms with E-state index in [4.69, 9.17) is 23.2 Å². The fourth-order valence-electron chi connectivity index (χ4n) is 5.09. The predicted octanol–water partition coefficient (Wildman–Crippen LogP) is 6.02. The molecule has 1 saturated carbocycles. The first-order valence-electron chi connectivity index (χ1n) is 13.5. The van der Waals surface area contributed by atoms with Crippen LogP contribution in [0, 0.1) is 13.8 Å². The Bertz CT molecular complexity index is 1280. The lowest BCUT2D eigenvalue weighted by Crippen LogP contribution is -2.51. The molecular weight excluding hydrogens is 557 g/mol. The number of anilines is 1. The summed E-state index contributed by atoms with van der Waals surface area (Å²) in [6.07, 6.45) is 6.04. The number of halogens is 2. The fourth-order valence-corrected chi connectivity index (χ4v) is 6.57. The molecule has 3 rings (SSSR count). The van der Waals surface area contributed by atoms with Crippen molar-refractivity contribution in [2.75, 3.05) is 17.1 Å². The van der Waals surface area contributed by atoms with Gasteiger partial charge in [-0.15, -0.1) is 0 Å². The van der Waals surface area contributed by atoms with E-state index in [0.29, 0.717) is 34.1 Å². The third-order valence-corrected chi connectivity index (χ3v) is 9.00. The first kappa shape index (κ1) is 31.2. The average Bonchev–Trinajstić information content (AvgIpc) is 3.37. The van der Waals surface area contributed by atoms with Gasteiger partial charge in [0.2, 0.25) is 21.8 Å². The van der Waals surface area contributed by atoms with Gasteiger partial charge in [0, 0.05) is 35.6 Å². The highest BCUT2D eigenvalue weighted by atomic mass is 35.5. The van der Waals surface area contributed by atoms with Crippen LogP contribution in [0.4, 0.5) is 5.69 Å². The fraction of sp³-hybridized carbons (Fsp3) is 0.517. The summed E-state index contributed by atoms with van der Waals surface area (Å²) in [7, 11) is -3.57. The van der Waals surface area contributed by atoms with E-state index < -0.39 is 16.1 Å².